The van der Waals surface area contributed by atoms with Gasteiger partial charge >= 0.3 is 6.03 Å². The normalized spacial score (nSPS) is 27.0. The molecule has 0 aromatic carbocycles. The highest BCUT2D eigenvalue weighted by Crippen LogP contribution is 2.42. The minimum Gasteiger partial charge on any atom is -0.354 e. The van der Waals surface area contributed by atoms with Gasteiger partial charge in [0.1, 0.15) is 6.04 Å². The molecule has 3 amide bonds. The number of carbonyl (C=O) groups excluding carboxylic acids is 2. The summed E-state index contributed by atoms with van der Waals surface area (Å²) in [6.07, 6.45) is 10.4. The van der Waals surface area contributed by atoms with Gasteiger partial charge in [-0.25, -0.2) is 14.8 Å². The van der Waals surface area contributed by atoms with Gasteiger partial charge in [0.05, 0.1) is 0 Å². The Morgan fingerprint density at radius 3 is 2.54 bits per heavy atom. The molecule has 2 heterocycles. The molecule has 2 aliphatic carbocycles. The van der Waals surface area contributed by atoms with Gasteiger partial charge < -0.3 is 20.4 Å². The molecule has 3 aliphatic rings. The van der Waals surface area contributed by atoms with Crippen molar-refractivity contribution >= 4 is 17.9 Å². The Morgan fingerprint density at radius 1 is 1.14 bits per heavy atom. The van der Waals surface area contributed by atoms with Gasteiger partial charge in [-0.1, -0.05) is 12.2 Å². The van der Waals surface area contributed by atoms with E-state index in [0.717, 1.165) is 6.42 Å². The highest BCUT2D eigenvalue weighted by molar-refractivity contribution is 5.86. The van der Waals surface area contributed by atoms with E-state index in [1.165, 1.54) is 6.42 Å². The first-order chi connectivity index (χ1) is 13.6. The quantitative estimate of drug-likeness (QED) is 0.740. The second-order valence-corrected chi connectivity index (χ2v) is 7.98. The SMILES string of the molecule is C[C@H](NC(=O)N1CCN(c2ncccn2)CC1)C(=O)NC[C@H]1C[C@@H]2C=C[C@H]1C2. The number of fused-ring (bicyclic) bond motifs is 2. The lowest BCUT2D eigenvalue weighted by Gasteiger charge is -2.35. The molecular weight excluding hydrogens is 356 g/mol. The van der Waals surface area contributed by atoms with Gasteiger partial charge in [-0.15, -0.1) is 0 Å². The molecule has 2 bridgehead atoms. The van der Waals surface area contributed by atoms with Crippen molar-refractivity contribution in [2.75, 3.05) is 37.6 Å². The fraction of sp³-hybridized carbons (Fsp3) is 0.600. The van der Waals surface area contributed by atoms with Gasteiger partial charge in [0.15, 0.2) is 0 Å². The van der Waals surface area contributed by atoms with Crippen LogP contribution in [0.4, 0.5) is 10.7 Å². The third-order valence-corrected chi connectivity index (χ3v) is 6.09. The van der Waals surface area contributed by atoms with Crippen LogP contribution in [0.5, 0.6) is 0 Å². The van der Waals surface area contributed by atoms with Crippen LogP contribution in [0.3, 0.4) is 0 Å². The second-order valence-electron chi connectivity index (χ2n) is 7.98. The molecule has 8 heteroatoms. The molecule has 1 aromatic rings. The summed E-state index contributed by atoms with van der Waals surface area (Å²) in [4.78, 5) is 37.2. The third kappa shape index (κ3) is 4.10. The summed E-state index contributed by atoms with van der Waals surface area (Å²) in [6.45, 7) is 4.94. The molecule has 1 saturated carbocycles. The topological polar surface area (TPSA) is 90.5 Å². The van der Waals surface area contributed by atoms with E-state index < -0.39 is 6.04 Å². The minimum atomic E-state index is -0.544. The van der Waals surface area contributed by atoms with Crippen LogP contribution in [0.1, 0.15) is 19.8 Å². The Balaban J connectivity index is 1.19. The molecule has 0 spiro atoms. The van der Waals surface area contributed by atoms with Crippen LogP contribution in [-0.4, -0.2) is 65.6 Å². The zero-order valence-corrected chi connectivity index (χ0v) is 16.3. The summed E-state index contributed by atoms with van der Waals surface area (Å²) >= 11 is 0. The summed E-state index contributed by atoms with van der Waals surface area (Å²) in [5.41, 5.74) is 0. The van der Waals surface area contributed by atoms with Crippen molar-refractivity contribution in [2.24, 2.45) is 17.8 Å². The van der Waals surface area contributed by atoms with Crippen LogP contribution >= 0.6 is 0 Å². The van der Waals surface area contributed by atoms with Gasteiger partial charge in [0.25, 0.3) is 0 Å². The molecule has 150 valence electrons. The number of aromatic nitrogens is 2. The summed E-state index contributed by atoms with van der Waals surface area (Å²) < 4.78 is 0. The molecule has 2 N–H and O–H groups in total. The number of nitrogens with one attached hydrogen (secondary N) is 2. The van der Waals surface area contributed by atoms with Crippen LogP contribution in [0.15, 0.2) is 30.6 Å². The number of carbonyl (C=O) groups is 2. The zero-order chi connectivity index (χ0) is 19.5. The average molecular weight is 384 g/mol. The Kier molecular flexibility index (Phi) is 5.45. The van der Waals surface area contributed by atoms with Gasteiger partial charge in [-0.3, -0.25) is 4.79 Å². The predicted molar refractivity (Wildman–Crippen MR) is 106 cm³/mol. The Bertz CT molecular complexity index is 731. The number of nitrogens with zero attached hydrogens (tertiary/aromatic N) is 4. The van der Waals surface area contributed by atoms with Crippen molar-refractivity contribution in [3.8, 4) is 0 Å². The molecule has 8 nitrogen and oxygen atoms in total. The maximum atomic E-state index is 12.5. The lowest BCUT2D eigenvalue weighted by molar-refractivity contribution is -0.122. The monoisotopic (exact) mass is 384 g/mol. The molecule has 28 heavy (non-hydrogen) atoms. The fourth-order valence-electron chi connectivity index (χ4n) is 4.42. The largest absolute Gasteiger partial charge is 0.354 e. The van der Waals surface area contributed by atoms with Crippen molar-refractivity contribution in [1.82, 2.24) is 25.5 Å². The van der Waals surface area contributed by atoms with Gasteiger partial charge in [0.2, 0.25) is 11.9 Å². The number of hydrogen-bond acceptors (Lipinski definition) is 5. The van der Waals surface area contributed by atoms with Crippen molar-refractivity contribution < 1.29 is 9.59 Å². The van der Waals surface area contributed by atoms with Crippen molar-refractivity contribution in [2.45, 2.75) is 25.8 Å². The first-order valence-corrected chi connectivity index (χ1v) is 10.1. The standard InChI is InChI=1S/C20H28N6O2/c1-14(18(27)23-13-17-12-15-3-4-16(17)11-15)24-20(28)26-9-7-25(8-10-26)19-21-5-2-6-22-19/h2-6,14-17H,7-13H2,1H3,(H,23,27)(H,24,28)/t14-,15+,16-,17+/m0/s1. The van der Waals surface area contributed by atoms with Crippen LogP contribution in [0.2, 0.25) is 0 Å². The molecule has 0 radical (unpaired) electrons. The van der Waals surface area contributed by atoms with Crippen LogP contribution < -0.4 is 15.5 Å². The third-order valence-electron chi connectivity index (χ3n) is 6.09. The van der Waals surface area contributed by atoms with Crippen LogP contribution in [0, 0.1) is 17.8 Å². The number of amides is 3. The summed E-state index contributed by atoms with van der Waals surface area (Å²) in [5.74, 6) is 2.42. The first kappa shape index (κ1) is 18.7. The molecule has 4 atom stereocenters. The molecular formula is C20H28N6O2. The Morgan fingerprint density at radius 2 is 1.89 bits per heavy atom. The number of hydrogen-bond donors (Lipinski definition) is 2. The zero-order valence-electron chi connectivity index (χ0n) is 16.3. The Labute approximate surface area is 165 Å². The summed E-state index contributed by atoms with van der Waals surface area (Å²) in [5, 5.41) is 5.84. The maximum absolute atomic E-state index is 12.5. The first-order valence-electron chi connectivity index (χ1n) is 10.1. The average Bonchev–Trinajstić information content (AvgIpc) is 3.36. The lowest BCUT2D eigenvalue weighted by atomic mass is 9.93. The molecule has 0 unspecified atom stereocenters. The summed E-state index contributed by atoms with van der Waals surface area (Å²) in [6, 6.07) is 1.05. The van der Waals surface area contributed by atoms with E-state index in [-0.39, 0.29) is 11.9 Å². The number of allylic oxidation sites excluding steroid dienone is 2. The maximum Gasteiger partial charge on any atom is 0.318 e. The van der Waals surface area contributed by atoms with Gasteiger partial charge in [-0.2, -0.15) is 0 Å². The molecule has 1 aliphatic heterocycles. The van der Waals surface area contributed by atoms with E-state index in [2.05, 4.69) is 37.7 Å². The van der Waals surface area contributed by atoms with Gasteiger partial charge in [-0.05, 0) is 43.6 Å². The van der Waals surface area contributed by atoms with Gasteiger partial charge in [0, 0.05) is 45.1 Å². The number of urea groups is 1. The van der Waals surface area contributed by atoms with Crippen molar-refractivity contribution in [1.29, 1.82) is 0 Å². The summed E-state index contributed by atoms with van der Waals surface area (Å²) in [7, 11) is 0. The number of anilines is 1. The lowest BCUT2D eigenvalue weighted by Crippen LogP contribution is -2.55. The highest BCUT2D eigenvalue weighted by atomic mass is 16.2. The van der Waals surface area contributed by atoms with Crippen molar-refractivity contribution in [3.63, 3.8) is 0 Å². The highest BCUT2D eigenvalue weighted by Gasteiger charge is 2.35. The van der Waals surface area contributed by atoms with E-state index >= 15 is 0 Å². The fourth-order valence-corrected chi connectivity index (χ4v) is 4.42. The van der Waals surface area contributed by atoms with E-state index in [1.54, 1.807) is 30.3 Å². The number of rotatable bonds is 5. The molecule has 1 aromatic heterocycles. The Hall–Kier alpha value is -2.64. The van der Waals surface area contributed by atoms with Crippen LogP contribution in [-0.2, 0) is 4.79 Å². The predicted octanol–water partition coefficient (Wildman–Crippen LogP) is 1.03. The molecule has 1 saturated heterocycles. The van der Waals surface area contributed by atoms with Crippen LogP contribution in [0.25, 0.3) is 0 Å². The minimum absolute atomic E-state index is 0.114. The smallest absolute Gasteiger partial charge is 0.318 e. The molecule has 2 fully saturated rings. The number of piperazine rings is 1. The van der Waals surface area contributed by atoms with E-state index in [0.29, 0.717) is 56.4 Å². The van der Waals surface area contributed by atoms with Crippen molar-refractivity contribution in [3.05, 3.63) is 30.6 Å². The molecule has 4 rings (SSSR count). The second kappa shape index (κ2) is 8.16. The van der Waals surface area contributed by atoms with E-state index in [1.807, 2.05) is 0 Å². The van der Waals surface area contributed by atoms with E-state index in [4.69, 9.17) is 0 Å². The van der Waals surface area contributed by atoms with E-state index in [9.17, 15) is 9.59 Å².